The molecule has 290 valence electrons. The number of carbonyl (C=O) groups is 6. The van der Waals surface area contributed by atoms with Crippen LogP contribution in [0.2, 0.25) is 0 Å². The summed E-state index contributed by atoms with van der Waals surface area (Å²) >= 11 is 0. The third-order valence-corrected chi connectivity index (χ3v) is 10.7. The van der Waals surface area contributed by atoms with E-state index in [0.717, 1.165) is 57.8 Å². The van der Waals surface area contributed by atoms with E-state index in [9.17, 15) is 28.8 Å². The van der Waals surface area contributed by atoms with Crippen LogP contribution in [0.3, 0.4) is 0 Å². The summed E-state index contributed by atoms with van der Waals surface area (Å²) in [5.41, 5.74) is 4.88. The Bertz CT molecular complexity index is 1230. The van der Waals surface area contributed by atoms with Crippen LogP contribution in [0.1, 0.15) is 126 Å². The van der Waals surface area contributed by atoms with E-state index in [0.29, 0.717) is 25.3 Å². The Morgan fingerprint density at radius 1 is 0.863 bits per heavy atom. The van der Waals surface area contributed by atoms with Crippen molar-refractivity contribution in [2.45, 2.75) is 156 Å². The van der Waals surface area contributed by atoms with Gasteiger partial charge < -0.3 is 36.6 Å². The number of rotatable bonds is 14. The van der Waals surface area contributed by atoms with E-state index in [1.54, 1.807) is 4.90 Å². The van der Waals surface area contributed by atoms with Gasteiger partial charge in [0.15, 0.2) is 0 Å². The SMILES string of the molecule is CC1CCCCCCC([C@H](NC(=O)N[C@H](COC(=O)NC(C)(C)C)C(C)C)C(=O)N2CC[C@H](C(C)C)C2C(=O)NC(CC2CC2)C(=O)C(N)=O)C1. The number of nitrogens with one attached hydrogen (secondary N) is 4. The zero-order chi connectivity index (χ0) is 38.0. The average molecular weight is 719 g/mol. The number of primary amides is 1. The largest absolute Gasteiger partial charge is 0.447 e. The van der Waals surface area contributed by atoms with Crippen LogP contribution in [-0.2, 0) is 23.9 Å². The zero-order valence-corrected chi connectivity index (χ0v) is 32.3. The van der Waals surface area contributed by atoms with Crippen LogP contribution in [0, 0.1) is 35.5 Å². The van der Waals surface area contributed by atoms with Gasteiger partial charge >= 0.3 is 12.1 Å². The van der Waals surface area contributed by atoms with Crippen molar-refractivity contribution in [2.75, 3.05) is 13.2 Å². The van der Waals surface area contributed by atoms with Crippen molar-refractivity contribution in [1.29, 1.82) is 0 Å². The quantitative estimate of drug-likeness (QED) is 0.164. The van der Waals surface area contributed by atoms with E-state index in [4.69, 9.17) is 10.5 Å². The highest BCUT2D eigenvalue weighted by molar-refractivity contribution is 6.37. The Kier molecular flexibility index (Phi) is 15.6. The van der Waals surface area contributed by atoms with Crippen molar-refractivity contribution in [3.05, 3.63) is 0 Å². The highest BCUT2D eigenvalue weighted by Gasteiger charge is 2.47. The van der Waals surface area contributed by atoms with Crippen LogP contribution >= 0.6 is 0 Å². The molecule has 1 heterocycles. The number of likely N-dealkylation sites (tertiary alicyclic amines) is 1. The molecule has 13 nitrogen and oxygen atoms in total. The minimum absolute atomic E-state index is 0.0502. The molecule has 0 bridgehead atoms. The highest BCUT2D eigenvalue weighted by Crippen LogP contribution is 2.36. The van der Waals surface area contributed by atoms with Gasteiger partial charge in [-0.3, -0.25) is 19.2 Å². The summed E-state index contributed by atoms with van der Waals surface area (Å²) in [7, 11) is 0. The molecule has 1 aliphatic heterocycles. The topological polar surface area (TPSA) is 189 Å². The summed E-state index contributed by atoms with van der Waals surface area (Å²) in [5, 5.41) is 11.6. The van der Waals surface area contributed by atoms with Crippen LogP contribution in [0.4, 0.5) is 9.59 Å². The minimum Gasteiger partial charge on any atom is -0.447 e. The lowest BCUT2D eigenvalue weighted by Gasteiger charge is -2.36. The summed E-state index contributed by atoms with van der Waals surface area (Å²) in [6, 6.07) is -3.88. The number of amides is 6. The van der Waals surface area contributed by atoms with E-state index in [2.05, 4.69) is 28.2 Å². The van der Waals surface area contributed by atoms with Gasteiger partial charge in [-0.15, -0.1) is 0 Å². The molecule has 0 aromatic rings. The van der Waals surface area contributed by atoms with Gasteiger partial charge in [-0.1, -0.05) is 79.6 Å². The fraction of sp³-hybridized carbons (Fsp3) is 0.842. The molecule has 2 saturated carbocycles. The molecule has 0 aromatic carbocycles. The number of Topliss-reactive ketones (excluding diaryl/α,β-unsaturated/α-hetero) is 1. The number of nitrogens with two attached hydrogens (primary N) is 1. The predicted octanol–water partition coefficient (Wildman–Crippen LogP) is 4.41. The molecule has 2 aliphatic carbocycles. The number of ketones is 1. The van der Waals surface area contributed by atoms with Crippen molar-refractivity contribution >= 4 is 35.6 Å². The van der Waals surface area contributed by atoms with Gasteiger partial charge in [0, 0.05) is 12.1 Å². The lowest BCUT2D eigenvalue weighted by molar-refractivity contribution is -0.144. The number of alkyl carbamates (subject to hydrolysis) is 1. The van der Waals surface area contributed by atoms with Gasteiger partial charge in [-0.05, 0) is 82.0 Å². The molecule has 4 unspecified atom stereocenters. The Balaban J connectivity index is 1.89. The molecule has 0 aromatic heterocycles. The summed E-state index contributed by atoms with van der Waals surface area (Å²) in [6.45, 7) is 15.8. The van der Waals surface area contributed by atoms with Gasteiger partial charge in [0.1, 0.15) is 18.7 Å². The van der Waals surface area contributed by atoms with E-state index in [1.165, 1.54) is 0 Å². The van der Waals surface area contributed by atoms with Crippen molar-refractivity contribution in [2.24, 2.45) is 41.2 Å². The van der Waals surface area contributed by atoms with Crippen LogP contribution in [0.5, 0.6) is 0 Å². The van der Waals surface area contributed by atoms with Gasteiger partial charge in [0.05, 0.1) is 12.1 Å². The maximum Gasteiger partial charge on any atom is 0.407 e. The second-order valence-electron chi connectivity index (χ2n) is 17.2. The van der Waals surface area contributed by atoms with Gasteiger partial charge in [0.25, 0.3) is 5.91 Å². The number of hydrogen-bond donors (Lipinski definition) is 5. The Hall–Kier alpha value is -3.38. The van der Waals surface area contributed by atoms with E-state index in [1.807, 2.05) is 48.5 Å². The van der Waals surface area contributed by atoms with Crippen molar-refractivity contribution in [3.8, 4) is 0 Å². The van der Waals surface area contributed by atoms with E-state index >= 15 is 0 Å². The van der Waals surface area contributed by atoms with E-state index < -0.39 is 59.4 Å². The molecule has 7 atom stereocenters. The maximum absolute atomic E-state index is 14.8. The average Bonchev–Trinajstić information content (AvgIpc) is 3.71. The number of urea groups is 1. The van der Waals surface area contributed by atoms with Crippen molar-refractivity contribution < 1.29 is 33.5 Å². The fourth-order valence-corrected chi connectivity index (χ4v) is 7.57. The molecule has 3 fully saturated rings. The summed E-state index contributed by atoms with van der Waals surface area (Å²) in [5.74, 6) is -2.52. The first kappa shape index (κ1) is 42.0. The lowest BCUT2D eigenvalue weighted by Crippen LogP contribution is -2.60. The summed E-state index contributed by atoms with van der Waals surface area (Å²) < 4.78 is 5.45. The Morgan fingerprint density at radius 3 is 2.08 bits per heavy atom. The molecular formula is C38H66N6O7. The molecule has 51 heavy (non-hydrogen) atoms. The summed E-state index contributed by atoms with van der Waals surface area (Å²) in [4.78, 5) is 81.3. The molecular weight excluding hydrogens is 652 g/mol. The molecule has 0 spiro atoms. The Labute approximate surface area is 305 Å². The van der Waals surface area contributed by atoms with Crippen molar-refractivity contribution in [3.63, 3.8) is 0 Å². The molecule has 1 saturated heterocycles. The van der Waals surface area contributed by atoms with Gasteiger partial charge in [-0.2, -0.15) is 0 Å². The highest BCUT2D eigenvalue weighted by atomic mass is 16.5. The molecule has 3 aliphatic rings. The van der Waals surface area contributed by atoms with E-state index in [-0.39, 0.29) is 42.1 Å². The number of carbonyl (C=O) groups excluding carboxylic acids is 6. The van der Waals surface area contributed by atoms with Gasteiger partial charge in [0.2, 0.25) is 17.6 Å². The van der Waals surface area contributed by atoms with Gasteiger partial charge in [-0.25, -0.2) is 9.59 Å². The Morgan fingerprint density at radius 2 is 1.51 bits per heavy atom. The fourth-order valence-electron chi connectivity index (χ4n) is 7.57. The van der Waals surface area contributed by atoms with Crippen LogP contribution in [0.15, 0.2) is 0 Å². The first-order chi connectivity index (χ1) is 23.9. The number of ether oxygens (including phenoxy) is 1. The third kappa shape index (κ3) is 13.3. The second-order valence-corrected chi connectivity index (χ2v) is 17.2. The number of hydrogen-bond acceptors (Lipinski definition) is 7. The smallest absolute Gasteiger partial charge is 0.407 e. The predicted molar refractivity (Wildman–Crippen MR) is 195 cm³/mol. The third-order valence-electron chi connectivity index (χ3n) is 10.7. The molecule has 3 rings (SSSR count). The maximum atomic E-state index is 14.8. The van der Waals surface area contributed by atoms with Crippen LogP contribution < -0.4 is 27.0 Å². The van der Waals surface area contributed by atoms with Crippen LogP contribution in [-0.4, -0.2) is 83.4 Å². The molecule has 13 heteroatoms. The van der Waals surface area contributed by atoms with Crippen LogP contribution in [0.25, 0.3) is 0 Å². The monoisotopic (exact) mass is 718 g/mol. The van der Waals surface area contributed by atoms with Crippen molar-refractivity contribution in [1.82, 2.24) is 26.2 Å². The molecule has 0 radical (unpaired) electrons. The summed E-state index contributed by atoms with van der Waals surface area (Å²) in [6.07, 6.45) is 8.92. The normalized spacial score (nSPS) is 24.7. The standard InChI is InChI=1S/C38H66N6O7/c1-22(2)27-17-18-44(31(27)34(47)40-28(20-25-15-16-25)32(45)33(39)46)35(48)30(26-14-12-10-9-11-13-24(5)19-26)42-36(49)41-29(23(3)4)21-51-37(50)43-38(6,7)8/h22-31H,9-21H2,1-8H3,(H2,39,46)(H,40,47)(H,43,50)(H2,41,42,49)/t24?,26?,27-,28?,29-,30+,31?/m1/s1. The second kappa shape index (κ2) is 18.9. The first-order valence-corrected chi connectivity index (χ1v) is 19.3. The zero-order valence-electron chi connectivity index (χ0n) is 32.3. The lowest BCUT2D eigenvalue weighted by atomic mass is 9.84. The minimum atomic E-state index is -1.09. The first-order valence-electron chi connectivity index (χ1n) is 19.3. The molecule has 6 amide bonds. The number of nitrogens with zero attached hydrogens (tertiary/aromatic N) is 1. The molecule has 6 N–H and O–H groups in total.